The minimum absolute atomic E-state index is 0.271. The van der Waals surface area contributed by atoms with Crippen LogP contribution >= 0.6 is 11.8 Å². The minimum Gasteiger partial charge on any atom is -0.440 e. The van der Waals surface area contributed by atoms with Crippen molar-refractivity contribution in [2.24, 2.45) is 0 Å². The van der Waals surface area contributed by atoms with Gasteiger partial charge in [0, 0.05) is 24.9 Å². The third-order valence-corrected chi connectivity index (χ3v) is 4.91. The zero-order valence-corrected chi connectivity index (χ0v) is 15.3. The molecular formula is C18H20FN3O2S. The van der Waals surface area contributed by atoms with Gasteiger partial charge in [-0.2, -0.15) is 0 Å². The maximum Gasteiger partial charge on any atom is 0.205 e. The molecule has 5 nitrogen and oxygen atoms in total. The van der Waals surface area contributed by atoms with Crippen LogP contribution in [0.15, 0.2) is 40.0 Å². The Morgan fingerprint density at radius 1 is 1.24 bits per heavy atom. The molecule has 3 rings (SSSR count). The number of imidazole rings is 1. The number of halogens is 1. The largest absolute Gasteiger partial charge is 0.440 e. The maximum atomic E-state index is 13.0. The number of hydrogen-bond donors (Lipinski definition) is 0. The molecule has 25 heavy (non-hydrogen) atoms. The first-order valence-corrected chi connectivity index (χ1v) is 8.93. The monoisotopic (exact) mass is 361 g/mol. The van der Waals surface area contributed by atoms with Gasteiger partial charge < -0.3 is 13.7 Å². The SMILES string of the molecule is COCCn1c(SCc2ncc(-c3ccc(F)cc3)o2)nc(C)c1C. The number of hydrogen-bond acceptors (Lipinski definition) is 5. The van der Waals surface area contributed by atoms with Gasteiger partial charge >= 0.3 is 0 Å². The smallest absolute Gasteiger partial charge is 0.205 e. The summed E-state index contributed by atoms with van der Waals surface area (Å²) >= 11 is 1.58. The molecule has 0 radical (unpaired) electrons. The number of aryl methyl sites for hydroxylation is 1. The number of methoxy groups -OCH3 is 1. The lowest BCUT2D eigenvalue weighted by Crippen LogP contribution is -2.07. The molecule has 0 fully saturated rings. The van der Waals surface area contributed by atoms with E-state index in [4.69, 9.17) is 9.15 Å². The summed E-state index contributed by atoms with van der Waals surface area (Å²) in [5, 5.41) is 0.925. The van der Waals surface area contributed by atoms with Crippen LogP contribution in [0.2, 0.25) is 0 Å². The average Bonchev–Trinajstić information content (AvgIpc) is 3.18. The van der Waals surface area contributed by atoms with Gasteiger partial charge in [-0.1, -0.05) is 11.8 Å². The van der Waals surface area contributed by atoms with Gasteiger partial charge in [-0.25, -0.2) is 14.4 Å². The molecule has 3 aromatic rings. The molecule has 0 saturated heterocycles. The second kappa shape index (κ2) is 7.84. The quantitative estimate of drug-likeness (QED) is 0.589. The normalized spacial score (nSPS) is 11.2. The van der Waals surface area contributed by atoms with E-state index >= 15 is 0 Å². The van der Waals surface area contributed by atoms with Crippen LogP contribution in [0.1, 0.15) is 17.3 Å². The average molecular weight is 361 g/mol. The van der Waals surface area contributed by atoms with Crippen molar-refractivity contribution in [1.82, 2.24) is 14.5 Å². The minimum atomic E-state index is -0.271. The first kappa shape index (κ1) is 17.7. The van der Waals surface area contributed by atoms with Crippen molar-refractivity contribution in [3.8, 4) is 11.3 Å². The lowest BCUT2D eigenvalue weighted by Gasteiger charge is -2.08. The summed E-state index contributed by atoms with van der Waals surface area (Å²) in [6, 6.07) is 6.17. The van der Waals surface area contributed by atoms with Crippen LogP contribution in [0, 0.1) is 19.7 Å². The van der Waals surface area contributed by atoms with E-state index in [2.05, 4.69) is 21.5 Å². The van der Waals surface area contributed by atoms with E-state index in [1.165, 1.54) is 12.1 Å². The molecule has 0 spiro atoms. The molecule has 132 valence electrons. The van der Waals surface area contributed by atoms with Gasteiger partial charge in [0.05, 0.1) is 24.3 Å². The van der Waals surface area contributed by atoms with E-state index in [-0.39, 0.29) is 5.82 Å². The summed E-state index contributed by atoms with van der Waals surface area (Å²) in [5.74, 6) is 1.55. The Hall–Kier alpha value is -2.12. The van der Waals surface area contributed by atoms with Crippen molar-refractivity contribution in [2.75, 3.05) is 13.7 Å². The zero-order valence-electron chi connectivity index (χ0n) is 14.5. The molecule has 1 aromatic carbocycles. The molecule has 2 heterocycles. The molecule has 7 heteroatoms. The highest BCUT2D eigenvalue weighted by Gasteiger charge is 2.13. The Morgan fingerprint density at radius 3 is 2.72 bits per heavy atom. The fourth-order valence-corrected chi connectivity index (χ4v) is 3.40. The fourth-order valence-electron chi connectivity index (χ4n) is 2.43. The summed E-state index contributed by atoms with van der Waals surface area (Å²) in [6.07, 6.45) is 1.66. The molecule has 0 aliphatic carbocycles. The lowest BCUT2D eigenvalue weighted by atomic mass is 10.2. The van der Waals surface area contributed by atoms with Crippen LogP contribution in [0.4, 0.5) is 4.39 Å². The molecule has 0 atom stereocenters. The number of ether oxygens (including phenoxy) is 1. The molecule has 0 unspecified atom stereocenters. The number of thioether (sulfide) groups is 1. The van der Waals surface area contributed by atoms with Gasteiger partial charge in [-0.05, 0) is 38.1 Å². The Morgan fingerprint density at radius 2 is 2.00 bits per heavy atom. The predicted octanol–water partition coefficient (Wildman–Crippen LogP) is 4.23. The van der Waals surface area contributed by atoms with Crippen molar-refractivity contribution < 1.29 is 13.5 Å². The second-order valence-electron chi connectivity index (χ2n) is 5.62. The van der Waals surface area contributed by atoms with Crippen molar-refractivity contribution in [3.05, 3.63) is 53.6 Å². The number of aromatic nitrogens is 3. The highest BCUT2D eigenvalue weighted by molar-refractivity contribution is 7.98. The maximum absolute atomic E-state index is 13.0. The van der Waals surface area contributed by atoms with E-state index in [1.807, 2.05) is 6.92 Å². The van der Waals surface area contributed by atoms with Crippen LogP contribution in [0.5, 0.6) is 0 Å². The molecular weight excluding hydrogens is 341 g/mol. The lowest BCUT2D eigenvalue weighted by molar-refractivity contribution is 0.184. The van der Waals surface area contributed by atoms with Gasteiger partial charge in [0.2, 0.25) is 5.89 Å². The van der Waals surface area contributed by atoms with E-state index in [0.29, 0.717) is 24.0 Å². The molecule has 0 bridgehead atoms. The third-order valence-electron chi connectivity index (χ3n) is 3.95. The Labute approximate surface area is 150 Å². The second-order valence-corrected chi connectivity index (χ2v) is 6.57. The first-order chi connectivity index (χ1) is 12.1. The molecule has 2 aromatic heterocycles. The number of nitrogens with zero attached hydrogens (tertiary/aromatic N) is 3. The first-order valence-electron chi connectivity index (χ1n) is 7.94. The third kappa shape index (κ3) is 4.11. The Bertz CT molecular complexity index is 843. The van der Waals surface area contributed by atoms with Crippen LogP contribution in [0.25, 0.3) is 11.3 Å². The molecule has 0 aliphatic rings. The van der Waals surface area contributed by atoms with Gasteiger partial charge in [0.25, 0.3) is 0 Å². The number of oxazole rings is 1. The summed E-state index contributed by atoms with van der Waals surface area (Å²) in [4.78, 5) is 8.92. The van der Waals surface area contributed by atoms with E-state index in [0.717, 1.165) is 28.7 Å². The molecule has 0 amide bonds. The zero-order chi connectivity index (χ0) is 17.8. The Kier molecular flexibility index (Phi) is 5.55. The van der Waals surface area contributed by atoms with E-state index < -0.39 is 0 Å². The summed E-state index contributed by atoms with van der Waals surface area (Å²) in [7, 11) is 1.69. The van der Waals surface area contributed by atoms with Crippen molar-refractivity contribution >= 4 is 11.8 Å². The van der Waals surface area contributed by atoms with E-state index in [9.17, 15) is 4.39 Å². The standard InChI is InChI=1S/C18H20FN3O2S/c1-12-13(2)22(8-9-23-3)18(21-12)25-11-17-20-10-16(24-17)14-4-6-15(19)7-5-14/h4-7,10H,8-9,11H2,1-3H3. The molecule has 0 aliphatic heterocycles. The van der Waals surface area contributed by atoms with Crippen LogP contribution in [0.3, 0.4) is 0 Å². The topological polar surface area (TPSA) is 53.1 Å². The van der Waals surface area contributed by atoms with Crippen molar-refractivity contribution in [1.29, 1.82) is 0 Å². The Balaban J connectivity index is 1.70. The number of benzene rings is 1. The van der Waals surface area contributed by atoms with Crippen molar-refractivity contribution in [2.45, 2.75) is 31.3 Å². The van der Waals surface area contributed by atoms with E-state index in [1.54, 1.807) is 37.2 Å². The van der Waals surface area contributed by atoms with Crippen LogP contribution in [-0.2, 0) is 17.0 Å². The van der Waals surface area contributed by atoms with Gasteiger partial charge in [-0.3, -0.25) is 0 Å². The fraction of sp³-hybridized carbons (Fsp3) is 0.333. The van der Waals surface area contributed by atoms with Gasteiger partial charge in [-0.15, -0.1) is 0 Å². The summed E-state index contributed by atoms with van der Waals surface area (Å²) < 4.78 is 26.1. The molecule has 0 N–H and O–H groups in total. The predicted molar refractivity (Wildman–Crippen MR) is 95.0 cm³/mol. The summed E-state index contributed by atoms with van der Waals surface area (Å²) in [5.41, 5.74) is 2.95. The van der Waals surface area contributed by atoms with Crippen LogP contribution in [-0.4, -0.2) is 28.3 Å². The highest BCUT2D eigenvalue weighted by atomic mass is 32.2. The summed E-state index contributed by atoms with van der Waals surface area (Å²) in [6.45, 7) is 5.45. The van der Waals surface area contributed by atoms with Crippen molar-refractivity contribution in [3.63, 3.8) is 0 Å². The highest BCUT2D eigenvalue weighted by Crippen LogP contribution is 2.27. The van der Waals surface area contributed by atoms with Crippen LogP contribution < -0.4 is 0 Å². The number of rotatable bonds is 7. The van der Waals surface area contributed by atoms with Gasteiger partial charge in [0.1, 0.15) is 5.82 Å². The molecule has 0 saturated carbocycles. The van der Waals surface area contributed by atoms with Gasteiger partial charge in [0.15, 0.2) is 10.9 Å².